The van der Waals surface area contributed by atoms with E-state index in [2.05, 4.69) is 0 Å². The molecule has 0 atom stereocenters. The number of para-hydroxylation sites is 1. The van der Waals surface area contributed by atoms with E-state index in [9.17, 15) is 14.3 Å². The molecular formula is C32H27FN2O2. The van der Waals surface area contributed by atoms with Crippen LogP contribution in [0.3, 0.4) is 0 Å². The van der Waals surface area contributed by atoms with Crippen LogP contribution in [0, 0.1) is 5.82 Å². The highest BCUT2D eigenvalue weighted by atomic mass is 19.1. The SMILES string of the molecule is O=c1c(C(=NCCc2ccccc2)c2ccccc2O)cn(CCc2ccccc2)c2cc(F)ccc12. The number of benzene rings is 4. The first kappa shape index (κ1) is 24.2. The first-order chi connectivity index (χ1) is 18.1. The van der Waals surface area contributed by atoms with Gasteiger partial charge in [-0.25, -0.2) is 4.39 Å². The normalized spacial score (nSPS) is 11.6. The maximum atomic E-state index is 14.2. The number of hydrogen-bond donors (Lipinski definition) is 1. The summed E-state index contributed by atoms with van der Waals surface area (Å²) in [5, 5.41) is 11.1. The van der Waals surface area contributed by atoms with Crippen molar-refractivity contribution in [2.24, 2.45) is 4.99 Å². The van der Waals surface area contributed by atoms with Crippen LogP contribution in [-0.4, -0.2) is 21.9 Å². The number of aryl methyl sites for hydroxylation is 2. The molecule has 37 heavy (non-hydrogen) atoms. The van der Waals surface area contributed by atoms with E-state index >= 15 is 0 Å². The first-order valence-corrected chi connectivity index (χ1v) is 12.3. The molecule has 4 aromatic carbocycles. The van der Waals surface area contributed by atoms with Gasteiger partial charge in [0, 0.05) is 30.2 Å². The van der Waals surface area contributed by atoms with Crippen molar-refractivity contribution in [3.8, 4) is 5.75 Å². The number of halogens is 1. The standard InChI is InChI=1S/C32H27FN2O2/c33-25-15-16-26-29(21-25)35(20-18-24-11-5-2-6-12-24)22-28(32(26)37)31(27-13-7-8-14-30(27)36)34-19-17-23-9-3-1-4-10-23/h1-16,21-22,36H,17-20H2. The van der Waals surface area contributed by atoms with Gasteiger partial charge in [0.05, 0.1) is 16.8 Å². The third-order valence-electron chi connectivity index (χ3n) is 6.46. The highest BCUT2D eigenvalue weighted by molar-refractivity contribution is 6.15. The van der Waals surface area contributed by atoms with Gasteiger partial charge in [-0.3, -0.25) is 9.79 Å². The Kier molecular flexibility index (Phi) is 7.22. The summed E-state index contributed by atoms with van der Waals surface area (Å²) in [5.41, 5.74) is 3.87. The molecule has 0 unspecified atom stereocenters. The molecule has 0 aliphatic heterocycles. The van der Waals surface area contributed by atoms with Crippen molar-refractivity contribution < 1.29 is 9.50 Å². The summed E-state index contributed by atoms with van der Waals surface area (Å²) in [4.78, 5) is 18.6. The number of aliphatic imine (C=N–C) groups is 1. The molecule has 184 valence electrons. The average Bonchev–Trinajstić information content (AvgIpc) is 2.93. The lowest BCUT2D eigenvalue weighted by Gasteiger charge is -2.16. The van der Waals surface area contributed by atoms with Gasteiger partial charge in [-0.2, -0.15) is 0 Å². The van der Waals surface area contributed by atoms with Crippen LogP contribution in [0.5, 0.6) is 5.75 Å². The van der Waals surface area contributed by atoms with Gasteiger partial charge in [-0.1, -0.05) is 72.8 Å². The molecule has 0 aliphatic carbocycles. The van der Waals surface area contributed by atoms with E-state index in [1.165, 1.54) is 18.2 Å². The van der Waals surface area contributed by atoms with Crippen LogP contribution in [0.15, 0.2) is 119 Å². The van der Waals surface area contributed by atoms with Crippen molar-refractivity contribution in [1.82, 2.24) is 4.57 Å². The molecule has 4 nitrogen and oxygen atoms in total. The van der Waals surface area contributed by atoms with E-state index in [0.717, 1.165) is 11.1 Å². The highest BCUT2D eigenvalue weighted by Gasteiger charge is 2.18. The minimum Gasteiger partial charge on any atom is -0.507 e. The predicted octanol–water partition coefficient (Wildman–Crippen LogP) is 6.17. The molecule has 0 spiro atoms. The summed E-state index contributed by atoms with van der Waals surface area (Å²) in [7, 11) is 0. The van der Waals surface area contributed by atoms with Crippen molar-refractivity contribution in [2.45, 2.75) is 19.4 Å². The molecule has 1 aromatic heterocycles. The van der Waals surface area contributed by atoms with E-state index in [4.69, 9.17) is 4.99 Å². The fourth-order valence-electron chi connectivity index (χ4n) is 4.54. The molecule has 5 rings (SSSR count). The second-order valence-corrected chi connectivity index (χ2v) is 8.95. The second kappa shape index (κ2) is 11.0. The molecule has 0 aliphatic rings. The molecule has 5 heteroatoms. The maximum Gasteiger partial charge on any atom is 0.198 e. The van der Waals surface area contributed by atoms with E-state index in [1.807, 2.05) is 71.3 Å². The smallest absolute Gasteiger partial charge is 0.198 e. The van der Waals surface area contributed by atoms with Crippen molar-refractivity contribution >= 4 is 16.6 Å². The Morgan fingerprint density at radius 3 is 2.14 bits per heavy atom. The average molecular weight is 491 g/mol. The van der Waals surface area contributed by atoms with Crippen molar-refractivity contribution in [2.75, 3.05) is 6.54 Å². The van der Waals surface area contributed by atoms with E-state index in [-0.39, 0.29) is 11.2 Å². The number of aromatic nitrogens is 1. The van der Waals surface area contributed by atoms with Crippen LogP contribution in [-0.2, 0) is 19.4 Å². The number of phenolic OH excluding ortho intramolecular Hbond substituents is 1. The molecule has 0 bridgehead atoms. The largest absolute Gasteiger partial charge is 0.507 e. The fraction of sp³-hybridized carbons (Fsp3) is 0.125. The van der Waals surface area contributed by atoms with Crippen molar-refractivity contribution in [3.05, 3.63) is 148 Å². The molecule has 1 heterocycles. The summed E-state index contributed by atoms with van der Waals surface area (Å²) >= 11 is 0. The van der Waals surface area contributed by atoms with Gasteiger partial charge in [0.15, 0.2) is 5.43 Å². The van der Waals surface area contributed by atoms with Gasteiger partial charge in [0.2, 0.25) is 0 Å². The van der Waals surface area contributed by atoms with Gasteiger partial charge >= 0.3 is 0 Å². The van der Waals surface area contributed by atoms with E-state index in [0.29, 0.717) is 53.7 Å². The van der Waals surface area contributed by atoms with E-state index in [1.54, 1.807) is 24.4 Å². The lowest BCUT2D eigenvalue weighted by molar-refractivity contribution is 0.474. The van der Waals surface area contributed by atoms with Gasteiger partial charge < -0.3 is 9.67 Å². The highest BCUT2D eigenvalue weighted by Crippen LogP contribution is 2.22. The van der Waals surface area contributed by atoms with Crippen LogP contribution < -0.4 is 5.43 Å². The number of rotatable bonds is 8. The quantitative estimate of drug-likeness (QED) is 0.265. The van der Waals surface area contributed by atoms with Crippen LogP contribution >= 0.6 is 0 Å². The molecule has 0 amide bonds. The lowest BCUT2D eigenvalue weighted by Crippen LogP contribution is -2.21. The number of aromatic hydroxyl groups is 1. The Labute approximate surface area is 215 Å². The Balaban J connectivity index is 1.62. The molecule has 0 radical (unpaired) electrons. The number of fused-ring (bicyclic) bond motifs is 1. The molecule has 1 N–H and O–H groups in total. The predicted molar refractivity (Wildman–Crippen MR) is 147 cm³/mol. The van der Waals surface area contributed by atoms with Gasteiger partial charge in [-0.15, -0.1) is 0 Å². The van der Waals surface area contributed by atoms with Gasteiger partial charge in [0.25, 0.3) is 0 Å². The Bertz CT molecular complexity index is 1610. The molecule has 5 aromatic rings. The van der Waals surface area contributed by atoms with Crippen molar-refractivity contribution in [1.29, 1.82) is 0 Å². The number of hydrogen-bond acceptors (Lipinski definition) is 3. The van der Waals surface area contributed by atoms with Crippen molar-refractivity contribution in [3.63, 3.8) is 0 Å². The zero-order valence-electron chi connectivity index (χ0n) is 20.3. The fourth-order valence-corrected chi connectivity index (χ4v) is 4.54. The summed E-state index contributed by atoms with van der Waals surface area (Å²) in [6.45, 7) is 0.994. The molecular weight excluding hydrogens is 463 g/mol. The first-order valence-electron chi connectivity index (χ1n) is 12.3. The summed E-state index contributed by atoms with van der Waals surface area (Å²) in [6, 6.07) is 31.2. The number of pyridine rings is 1. The zero-order valence-corrected chi connectivity index (χ0v) is 20.3. The second-order valence-electron chi connectivity index (χ2n) is 8.95. The van der Waals surface area contributed by atoms with Crippen LogP contribution in [0.2, 0.25) is 0 Å². The summed E-state index contributed by atoms with van der Waals surface area (Å²) in [6.07, 6.45) is 3.16. The summed E-state index contributed by atoms with van der Waals surface area (Å²) in [5.74, 6) is -0.346. The number of phenols is 1. The third-order valence-corrected chi connectivity index (χ3v) is 6.46. The summed E-state index contributed by atoms with van der Waals surface area (Å²) < 4.78 is 16.2. The number of nitrogens with zero attached hydrogens (tertiary/aromatic N) is 2. The van der Waals surface area contributed by atoms with Gasteiger partial charge in [-0.05, 0) is 54.3 Å². The Morgan fingerprint density at radius 1 is 0.784 bits per heavy atom. The lowest BCUT2D eigenvalue weighted by atomic mass is 10.00. The Hall–Kier alpha value is -4.51. The third kappa shape index (κ3) is 5.51. The molecule has 0 saturated carbocycles. The Morgan fingerprint density at radius 2 is 1.43 bits per heavy atom. The van der Waals surface area contributed by atoms with Gasteiger partial charge in [0.1, 0.15) is 11.6 Å². The minimum absolute atomic E-state index is 0.0513. The van der Waals surface area contributed by atoms with Crippen LogP contribution in [0.1, 0.15) is 22.3 Å². The topological polar surface area (TPSA) is 54.6 Å². The monoisotopic (exact) mass is 490 g/mol. The maximum absolute atomic E-state index is 14.2. The van der Waals surface area contributed by atoms with Crippen LogP contribution in [0.25, 0.3) is 10.9 Å². The minimum atomic E-state index is -0.398. The molecule has 0 fully saturated rings. The zero-order chi connectivity index (χ0) is 25.6. The van der Waals surface area contributed by atoms with Crippen LogP contribution in [0.4, 0.5) is 4.39 Å². The molecule has 0 saturated heterocycles. The van der Waals surface area contributed by atoms with E-state index < -0.39 is 5.82 Å².